The zero-order valence-corrected chi connectivity index (χ0v) is 12.4. The normalized spacial score (nSPS) is 13.6. The third kappa shape index (κ3) is 3.41. The van der Waals surface area contributed by atoms with Crippen LogP contribution in [0.1, 0.15) is 0 Å². The minimum absolute atomic E-state index is 0.319. The van der Waals surface area contributed by atoms with Gasteiger partial charge in [0.05, 0.1) is 14.9 Å². The molecule has 1 rings (SSSR count). The number of rotatable bonds is 4. The SMILES string of the molecule is O=S(=O)(Cl)C(F)(F)C(F)(F)Sc1c(Cl)cccc1Cl. The largest absolute Gasteiger partial charge is 0.431 e. The first-order chi connectivity index (χ1) is 8.40. The van der Waals surface area contributed by atoms with Gasteiger partial charge in [-0.05, 0) is 23.9 Å². The molecule has 1 aromatic rings. The van der Waals surface area contributed by atoms with Gasteiger partial charge in [0.15, 0.2) is 0 Å². The molecule has 0 heterocycles. The molecule has 108 valence electrons. The van der Waals surface area contributed by atoms with Crippen molar-refractivity contribution in [3.05, 3.63) is 28.2 Å². The molecule has 0 unspecified atom stereocenters. The smallest absolute Gasteiger partial charge is 0.206 e. The average molecular weight is 378 g/mol. The van der Waals surface area contributed by atoms with Crippen molar-refractivity contribution in [3.8, 4) is 0 Å². The maximum absolute atomic E-state index is 13.4. The molecule has 0 saturated heterocycles. The molecule has 0 fully saturated rings. The van der Waals surface area contributed by atoms with Crippen LogP contribution in [0.2, 0.25) is 10.0 Å². The van der Waals surface area contributed by atoms with Gasteiger partial charge < -0.3 is 0 Å². The summed E-state index contributed by atoms with van der Waals surface area (Å²) in [5.41, 5.74) is 0. The molecule has 0 aromatic heterocycles. The summed E-state index contributed by atoms with van der Waals surface area (Å²) in [6.45, 7) is 0. The third-order valence-corrected chi connectivity index (χ3v) is 5.38. The van der Waals surface area contributed by atoms with Crippen LogP contribution in [0.25, 0.3) is 0 Å². The number of alkyl halides is 4. The number of halogens is 7. The average Bonchev–Trinajstić information content (AvgIpc) is 2.22. The highest BCUT2D eigenvalue weighted by molar-refractivity contribution is 8.15. The standard InChI is InChI=1S/C8H3Cl3F4O2S2/c9-4-2-1-3-5(10)6(4)18-7(12,13)8(14,15)19(11,16)17/h1-3H. The Bertz CT molecular complexity index is 571. The van der Waals surface area contributed by atoms with Gasteiger partial charge in [-0.1, -0.05) is 29.3 Å². The van der Waals surface area contributed by atoms with E-state index in [-0.39, 0.29) is 10.0 Å². The van der Waals surface area contributed by atoms with E-state index in [2.05, 4.69) is 10.7 Å². The van der Waals surface area contributed by atoms with Crippen LogP contribution in [-0.2, 0) is 9.05 Å². The van der Waals surface area contributed by atoms with Gasteiger partial charge in [-0.2, -0.15) is 17.6 Å². The maximum Gasteiger partial charge on any atom is 0.431 e. The van der Waals surface area contributed by atoms with Crippen molar-refractivity contribution in [2.45, 2.75) is 15.4 Å². The predicted molar refractivity (Wildman–Crippen MR) is 67.0 cm³/mol. The zero-order chi connectivity index (χ0) is 15.1. The van der Waals surface area contributed by atoms with Crippen molar-refractivity contribution >= 4 is 54.7 Å². The summed E-state index contributed by atoms with van der Waals surface area (Å²) >= 11 is 10.3. The van der Waals surface area contributed by atoms with Crippen LogP contribution in [0.3, 0.4) is 0 Å². The first-order valence-corrected chi connectivity index (χ1v) is 8.11. The summed E-state index contributed by atoms with van der Waals surface area (Å²) in [5.74, 6) is 0. The van der Waals surface area contributed by atoms with Gasteiger partial charge in [0, 0.05) is 10.7 Å². The Morgan fingerprint density at radius 3 is 1.84 bits per heavy atom. The Morgan fingerprint density at radius 1 is 1.05 bits per heavy atom. The second-order valence-electron chi connectivity index (χ2n) is 3.12. The quantitative estimate of drug-likeness (QED) is 0.428. The Labute approximate surface area is 124 Å². The van der Waals surface area contributed by atoms with Gasteiger partial charge in [0.2, 0.25) is 0 Å². The third-order valence-electron chi connectivity index (χ3n) is 1.79. The van der Waals surface area contributed by atoms with E-state index in [0.29, 0.717) is 0 Å². The van der Waals surface area contributed by atoms with Gasteiger partial charge in [-0.25, -0.2) is 8.42 Å². The van der Waals surface area contributed by atoms with Crippen molar-refractivity contribution < 1.29 is 26.0 Å². The molecule has 1 aromatic carbocycles. The molecular formula is C8H3Cl3F4O2S2. The molecule has 0 spiro atoms. The maximum atomic E-state index is 13.4. The van der Waals surface area contributed by atoms with E-state index in [1.165, 1.54) is 6.07 Å². The molecule has 2 nitrogen and oxygen atoms in total. The van der Waals surface area contributed by atoms with E-state index in [4.69, 9.17) is 23.2 Å². The van der Waals surface area contributed by atoms with Crippen molar-refractivity contribution in [2.75, 3.05) is 0 Å². The lowest BCUT2D eigenvalue weighted by Gasteiger charge is -2.23. The topological polar surface area (TPSA) is 34.1 Å². The number of benzene rings is 1. The van der Waals surface area contributed by atoms with Crippen molar-refractivity contribution in [1.82, 2.24) is 0 Å². The van der Waals surface area contributed by atoms with Gasteiger partial charge in [-0.15, -0.1) is 0 Å². The van der Waals surface area contributed by atoms with Crippen LogP contribution < -0.4 is 0 Å². The molecule has 0 bridgehead atoms. The Morgan fingerprint density at radius 2 is 1.47 bits per heavy atom. The van der Waals surface area contributed by atoms with Crippen molar-refractivity contribution in [2.24, 2.45) is 0 Å². The zero-order valence-electron chi connectivity index (χ0n) is 8.51. The molecule has 0 radical (unpaired) electrons. The van der Waals surface area contributed by atoms with Crippen LogP contribution in [-0.4, -0.2) is 18.9 Å². The molecule has 0 N–H and O–H groups in total. The summed E-state index contributed by atoms with van der Waals surface area (Å²) in [6.07, 6.45) is 0. The minimum Gasteiger partial charge on any atom is -0.206 e. The van der Waals surface area contributed by atoms with Crippen LogP contribution in [0.5, 0.6) is 0 Å². The molecule has 0 aliphatic rings. The highest BCUT2D eigenvalue weighted by Crippen LogP contribution is 2.53. The van der Waals surface area contributed by atoms with E-state index >= 15 is 0 Å². The van der Waals surface area contributed by atoms with Crippen LogP contribution in [0.4, 0.5) is 17.6 Å². The highest BCUT2D eigenvalue weighted by Gasteiger charge is 2.66. The molecule has 0 aliphatic heterocycles. The van der Waals surface area contributed by atoms with E-state index in [1.807, 2.05) is 0 Å². The molecule has 0 aliphatic carbocycles. The van der Waals surface area contributed by atoms with E-state index in [1.54, 1.807) is 0 Å². The summed E-state index contributed by atoms with van der Waals surface area (Å²) < 4.78 is 73.9. The summed E-state index contributed by atoms with van der Waals surface area (Å²) in [6, 6.07) is 3.58. The second-order valence-corrected chi connectivity index (χ2v) is 7.67. The van der Waals surface area contributed by atoms with Crippen LogP contribution in [0, 0.1) is 0 Å². The van der Waals surface area contributed by atoms with Gasteiger partial charge >= 0.3 is 19.6 Å². The van der Waals surface area contributed by atoms with Gasteiger partial charge in [0.1, 0.15) is 0 Å². The Hall–Kier alpha value is 0.110. The van der Waals surface area contributed by atoms with Crippen molar-refractivity contribution in [3.63, 3.8) is 0 Å². The summed E-state index contributed by atoms with van der Waals surface area (Å²) in [4.78, 5) is -0.573. The summed E-state index contributed by atoms with van der Waals surface area (Å²) in [7, 11) is -1.51. The van der Waals surface area contributed by atoms with Crippen molar-refractivity contribution in [1.29, 1.82) is 0 Å². The van der Waals surface area contributed by atoms with E-state index in [9.17, 15) is 26.0 Å². The number of hydrogen-bond acceptors (Lipinski definition) is 3. The Kier molecular flexibility index (Phi) is 4.95. The second kappa shape index (κ2) is 5.48. The van der Waals surface area contributed by atoms with Crippen LogP contribution >= 0.6 is 45.6 Å². The van der Waals surface area contributed by atoms with Crippen LogP contribution in [0.15, 0.2) is 23.1 Å². The van der Waals surface area contributed by atoms with Gasteiger partial charge in [0.25, 0.3) is 0 Å². The molecule has 0 amide bonds. The monoisotopic (exact) mass is 376 g/mol. The van der Waals surface area contributed by atoms with E-state index < -0.39 is 36.2 Å². The lowest BCUT2D eigenvalue weighted by molar-refractivity contribution is -0.0886. The first kappa shape index (κ1) is 17.2. The fourth-order valence-corrected chi connectivity index (χ4v) is 3.41. The molecule has 0 atom stereocenters. The molecule has 11 heteroatoms. The molecule has 19 heavy (non-hydrogen) atoms. The first-order valence-electron chi connectivity index (χ1n) is 4.23. The summed E-state index contributed by atoms with van der Waals surface area (Å²) in [5, 5.41) is -11.2. The molecular weight excluding hydrogens is 375 g/mol. The fourth-order valence-electron chi connectivity index (χ4n) is 0.910. The Balaban J connectivity index is 3.24. The van der Waals surface area contributed by atoms with E-state index in [0.717, 1.165) is 12.1 Å². The lowest BCUT2D eigenvalue weighted by atomic mass is 10.4. The molecule has 0 saturated carbocycles. The minimum atomic E-state index is -5.82. The number of hydrogen-bond donors (Lipinski definition) is 0. The highest BCUT2D eigenvalue weighted by atomic mass is 35.7. The van der Waals surface area contributed by atoms with Gasteiger partial charge in [-0.3, -0.25) is 0 Å². The lowest BCUT2D eigenvalue weighted by Crippen LogP contribution is -2.42. The number of thioether (sulfide) groups is 1. The fraction of sp³-hybridized carbons (Fsp3) is 0.250. The predicted octanol–water partition coefficient (Wildman–Crippen LogP) is 4.84.